The van der Waals surface area contributed by atoms with Gasteiger partial charge in [0, 0.05) is 5.69 Å². The van der Waals surface area contributed by atoms with E-state index in [-0.39, 0.29) is 16.1 Å². The standard InChI is InChI=1S/C17H18N2O7S/c1-24-14-7-6-11(8-15(14)25-2)17(21)26-10-16(20)19-12-4-3-5-13(9-12)27(18,22)23/h3-9H,10H2,1-2H3,(H,19,20)(H2,18,22,23). The first-order valence-corrected chi connectivity index (χ1v) is 9.11. The number of esters is 1. The Balaban J connectivity index is 1.98. The summed E-state index contributed by atoms with van der Waals surface area (Å²) in [7, 11) is -1.00. The summed E-state index contributed by atoms with van der Waals surface area (Å²) < 4.78 is 37.8. The molecule has 2 aromatic carbocycles. The van der Waals surface area contributed by atoms with E-state index in [9.17, 15) is 18.0 Å². The predicted octanol–water partition coefficient (Wildman–Crippen LogP) is 1.15. The van der Waals surface area contributed by atoms with Crippen LogP contribution in [0.5, 0.6) is 11.5 Å². The first-order chi connectivity index (χ1) is 12.7. The Labute approximate surface area is 156 Å². The lowest BCUT2D eigenvalue weighted by Gasteiger charge is -2.10. The Kier molecular flexibility index (Phi) is 6.37. The second-order valence-corrected chi connectivity index (χ2v) is 6.83. The maximum absolute atomic E-state index is 12.1. The van der Waals surface area contributed by atoms with Crippen molar-refractivity contribution in [2.45, 2.75) is 4.90 Å². The van der Waals surface area contributed by atoms with E-state index in [1.165, 1.54) is 56.7 Å². The highest BCUT2D eigenvalue weighted by molar-refractivity contribution is 7.89. The molecule has 3 N–H and O–H groups in total. The zero-order valence-corrected chi connectivity index (χ0v) is 15.4. The van der Waals surface area contributed by atoms with Crippen LogP contribution >= 0.6 is 0 Å². The van der Waals surface area contributed by atoms with Crippen molar-refractivity contribution in [3.8, 4) is 11.5 Å². The smallest absolute Gasteiger partial charge is 0.338 e. The van der Waals surface area contributed by atoms with Crippen LogP contribution in [0.3, 0.4) is 0 Å². The molecule has 0 fully saturated rings. The summed E-state index contributed by atoms with van der Waals surface area (Å²) in [5.41, 5.74) is 0.380. The Morgan fingerprint density at radius 3 is 2.37 bits per heavy atom. The van der Waals surface area contributed by atoms with E-state index in [2.05, 4.69) is 5.32 Å². The highest BCUT2D eigenvalue weighted by atomic mass is 32.2. The third-order valence-corrected chi connectivity index (χ3v) is 4.31. The molecule has 2 rings (SSSR count). The number of ether oxygens (including phenoxy) is 3. The van der Waals surface area contributed by atoms with Crippen molar-refractivity contribution < 1.29 is 32.2 Å². The van der Waals surface area contributed by atoms with Gasteiger partial charge >= 0.3 is 5.97 Å². The molecule has 2 aromatic rings. The summed E-state index contributed by atoms with van der Waals surface area (Å²) in [4.78, 5) is 23.8. The number of nitrogens with one attached hydrogen (secondary N) is 1. The number of methoxy groups -OCH3 is 2. The number of carbonyl (C=O) groups is 2. The van der Waals surface area contributed by atoms with E-state index in [1.54, 1.807) is 0 Å². The Bertz CT molecular complexity index is 958. The number of primary sulfonamides is 1. The molecule has 10 heteroatoms. The minimum Gasteiger partial charge on any atom is -0.493 e. The summed E-state index contributed by atoms with van der Waals surface area (Å²) in [5.74, 6) is -0.586. The summed E-state index contributed by atoms with van der Waals surface area (Å²) in [6.07, 6.45) is 0. The van der Waals surface area contributed by atoms with Crippen LogP contribution in [0.15, 0.2) is 47.4 Å². The Morgan fingerprint density at radius 1 is 1.04 bits per heavy atom. The van der Waals surface area contributed by atoms with Gasteiger partial charge in [0.2, 0.25) is 10.0 Å². The molecule has 27 heavy (non-hydrogen) atoms. The van der Waals surface area contributed by atoms with Crippen molar-refractivity contribution in [3.05, 3.63) is 48.0 Å². The van der Waals surface area contributed by atoms with Crippen LogP contribution in [0.1, 0.15) is 10.4 Å². The van der Waals surface area contributed by atoms with Gasteiger partial charge in [0.25, 0.3) is 5.91 Å². The average Bonchev–Trinajstić information content (AvgIpc) is 2.65. The summed E-state index contributed by atoms with van der Waals surface area (Å²) in [6.45, 7) is -0.563. The highest BCUT2D eigenvalue weighted by Gasteiger charge is 2.14. The van der Waals surface area contributed by atoms with Crippen LogP contribution in [-0.2, 0) is 19.6 Å². The summed E-state index contributed by atoms with van der Waals surface area (Å²) >= 11 is 0. The highest BCUT2D eigenvalue weighted by Crippen LogP contribution is 2.27. The van der Waals surface area contributed by atoms with Crippen LogP contribution < -0.4 is 19.9 Å². The number of rotatable bonds is 7. The third kappa shape index (κ3) is 5.43. The van der Waals surface area contributed by atoms with E-state index in [0.717, 1.165) is 0 Å². The fourth-order valence-corrected chi connectivity index (χ4v) is 2.69. The molecule has 1 amide bonds. The molecule has 0 radical (unpaired) electrons. The van der Waals surface area contributed by atoms with Crippen molar-refractivity contribution in [2.75, 3.05) is 26.1 Å². The number of hydrogen-bond acceptors (Lipinski definition) is 7. The SMILES string of the molecule is COc1ccc(C(=O)OCC(=O)Nc2cccc(S(N)(=O)=O)c2)cc1OC. The molecular formula is C17H18N2O7S. The molecule has 0 saturated carbocycles. The van der Waals surface area contributed by atoms with Gasteiger partial charge in [0.1, 0.15) is 0 Å². The third-order valence-electron chi connectivity index (χ3n) is 3.40. The Morgan fingerprint density at radius 2 is 1.74 bits per heavy atom. The number of carbonyl (C=O) groups excluding carboxylic acids is 2. The number of benzene rings is 2. The van der Waals surface area contributed by atoms with Gasteiger partial charge in [0.05, 0.1) is 24.7 Å². The maximum Gasteiger partial charge on any atom is 0.338 e. The lowest BCUT2D eigenvalue weighted by atomic mass is 10.2. The van der Waals surface area contributed by atoms with Crippen LogP contribution in [0.2, 0.25) is 0 Å². The quantitative estimate of drug-likeness (QED) is 0.673. The fourth-order valence-electron chi connectivity index (χ4n) is 2.13. The van der Waals surface area contributed by atoms with Crippen LogP contribution in [0, 0.1) is 0 Å². The molecule has 0 heterocycles. The molecule has 0 aliphatic heterocycles. The number of hydrogen-bond donors (Lipinski definition) is 2. The maximum atomic E-state index is 12.1. The Hall–Kier alpha value is -3.11. The first kappa shape index (κ1) is 20.2. The topological polar surface area (TPSA) is 134 Å². The molecule has 0 aliphatic rings. The normalized spacial score (nSPS) is 10.8. The lowest BCUT2D eigenvalue weighted by molar-refractivity contribution is -0.119. The van der Waals surface area contributed by atoms with Gasteiger partial charge in [-0.3, -0.25) is 4.79 Å². The lowest BCUT2D eigenvalue weighted by Crippen LogP contribution is -2.21. The second kappa shape index (κ2) is 8.52. The van der Waals surface area contributed by atoms with E-state index >= 15 is 0 Å². The van der Waals surface area contributed by atoms with E-state index in [1.807, 2.05) is 0 Å². The molecule has 0 bridgehead atoms. The largest absolute Gasteiger partial charge is 0.493 e. The van der Waals surface area contributed by atoms with Crippen molar-refractivity contribution in [3.63, 3.8) is 0 Å². The molecule has 144 valence electrons. The van der Waals surface area contributed by atoms with Gasteiger partial charge in [0.15, 0.2) is 18.1 Å². The predicted molar refractivity (Wildman–Crippen MR) is 96.3 cm³/mol. The molecule has 0 aromatic heterocycles. The van der Waals surface area contributed by atoms with Crippen LogP contribution in [0.25, 0.3) is 0 Å². The molecule has 0 saturated heterocycles. The summed E-state index contributed by atoms with van der Waals surface area (Å²) in [5, 5.41) is 7.46. The number of amides is 1. The minimum atomic E-state index is -3.89. The molecule has 0 spiro atoms. The van der Waals surface area contributed by atoms with Crippen LogP contribution in [-0.4, -0.2) is 41.1 Å². The van der Waals surface area contributed by atoms with Crippen LogP contribution in [0.4, 0.5) is 5.69 Å². The van der Waals surface area contributed by atoms with E-state index < -0.39 is 28.5 Å². The van der Waals surface area contributed by atoms with Gasteiger partial charge in [-0.05, 0) is 36.4 Å². The van der Waals surface area contributed by atoms with Crippen molar-refractivity contribution in [1.82, 2.24) is 0 Å². The summed E-state index contributed by atoms with van der Waals surface area (Å²) in [6, 6.07) is 9.82. The minimum absolute atomic E-state index is 0.150. The zero-order valence-electron chi connectivity index (χ0n) is 14.6. The number of nitrogens with two attached hydrogens (primary N) is 1. The van der Waals surface area contributed by atoms with Crippen molar-refractivity contribution in [2.24, 2.45) is 5.14 Å². The van der Waals surface area contributed by atoms with Gasteiger partial charge in [-0.15, -0.1) is 0 Å². The van der Waals surface area contributed by atoms with Gasteiger partial charge in [-0.1, -0.05) is 6.07 Å². The van der Waals surface area contributed by atoms with Crippen molar-refractivity contribution >= 4 is 27.6 Å². The average molecular weight is 394 g/mol. The first-order valence-electron chi connectivity index (χ1n) is 7.56. The van der Waals surface area contributed by atoms with Crippen molar-refractivity contribution in [1.29, 1.82) is 0 Å². The zero-order chi connectivity index (χ0) is 20.0. The molecular weight excluding hydrogens is 376 g/mol. The van der Waals surface area contributed by atoms with E-state index in [4.69, 9.17) is 19.3 Å². The molecule has 9 nitrogen and oxygen atoms in total. The molecule has 0 aliphatic carbocycles. The van der Waals surface area contributed by atoms with Gasteiger partial charge < -0.3 is 19.5 Å². The number of anilines is 1. The van der Waals surface area contributed by atoms with E-state index in [0.29, 0.717) is 11.5 Å². The monoisotopic (exact) mass is 394 g/mol. The fraction of sp³-hybridized carbons (Fsp3) is 0.176. The van der Waals surface area contributed by atoms with Gasteiger partial charge in [-0.2, -0.15) is 0 Å². The second-order valence-electron chi connectivity index (χ2n) is 5.27. The molecule has 0 unspecified atom stereocenters. The number of sulfonamides is 1. The molecule has 0 atom stereocenters. The van der Waals surface area contributed by atoms with Gasteiger partial charge in [-0.25, -0.2) is 18.4 Å².